The lowest BCUT2D eigenvalue weighted by Gasteiger charge is -2.17. The molecule has 1 aromatic rings. The number of rotatable bonds is 2. The monoisotopic (exact) mass is 260 g/mol. The van der Waals surface area contributed by atoms with Crippen LogP contribution < -0.4 is 4.94 Å². The number of halogens is 5. The summed E-state index contributed by atoms with van der Waals surface area (Å²) in [6.07, 6.45) is 0. The zero-order valence-electron chi connectivity index (χ0n) is 7.69. The number of benzene rings is 1. The first kappa shape index (κ1) is 13.0. The lowest BCUT2D eigenvalue weighted by Crippen LogP contribution is -2.19. The third-order valence-electron chi connectivity index (χ3n) is 1.79. The molecule has 0 saturated heterocycles. The second-order valence-corrected chi connectivity index (χ2v) is 3.47. The number of aliphatic hydroxyl groups is 1. The van der Waals surface area contributed by atoms with Gasteiger partial charge >= 0.3 is 0 Å². The van der Waals surface area contributed by atoms with Crippen molar-refractivity contribution in [1.29, 1.82) is 0 Å². The SMILES string of the molecule is CC(O)(F)c1c(F)c(S)c(F)c(F)c1OF. The average molecular weight is 260 g/mol. The first-order valence-electron chi connectivity index (χ1n) is 3.81. The molecule has 1 N–H and O–H groups in total. The Morgan fingerprint density at radius 1 is 1.19 bits per heavy atom. The molecule has 0 aliphatic rings. The van der Waals surface area contributed by atoms with Gasteiger partial charge in [-0.15, -0.1) is 12.6 Å². The lowest BCUT2D eigenvalue weighted by atomic mass is 10.1. The molecule has 0 fully saturated rings. The van der Waals surface area contributed by atoms with E-state index in [-0.39, 0.29) is 0 Å². The number of alkyl halides is 1. The highest BCUT2D eigenvalue weighted by molar-refractivity contribution is 7.80. The van der Waals surface area contributed by atoms with Crippen molar-refractivity contribution in [3.8, 4) is 5.75 Å². The normalized spacial score (nSPS) is 14.8. The van der Waals surface area contributed by atoms with Crippen LogP contribution in [-0.4, -0.2) is 5.11 Å². The van der Waals surface area contributed by atoms with Crippen molar-refractivity contribution in [1.82, 2.24) is 0 Å². The van der Waals surface area contributed by atoms with Crippen molar-refractivity contribution in [2.45, 2.75) is 17.7 Å². The van der Waals surface area contributed by atoms with Crippen LogP contribution in [0.2, 0.25) is 0 Å². The topological polar surface area (TPSA) is 29.5 Å². The average Bonchev–Trinajstić information content (AvgIpc) is 2.18. The van der Waals surface area contributed by atoms with Crippen molar-refractivity contribution >= 4 is 12.6 Å². The largest absolute Gasteiger partial charge is 0.358 e. The molecule has 0 bridgehead atoms. The maximum Gasteiger partial charge on any atom is 0.236 e. The molecule has 1 aromatic carbocycles. The predicted molar refractivity (Wildman–Crippen MR) is 46.0 cm³/mol. The summed E-state index contributed by atoms with van der Waals surface area (Å²) in [4.78, 5) is 1.64. The van der Waals surface area contributed by atoms with Gasteiger partial charge in [0, 0.05) is 4.53 Å². The van der Waals surface area contributed by atoms with Gasteiger partial charge in [-0.05, 0) is 6.92 Å². The fourth-order valence-corrected chi connectivity index (χ4v) is 1.32. The van der Waals surface area contributed by atoms with E-state index in [0.717, 1.165) is 0 Å². The molecule has 0 saturated carbocycles. The van der Waals surface area contributed by atoms with Gasteiger partial charge in [0.1, 0.15) is 5.56 Å². The summed E-state index contributed by atoms with van der Waals surface area (Å²) in [5.41, 5.74) is -1.50. The van der Waals surface area contributed by atoms with Crippen LogP contribution >= 0.6 is 12.6 Å². The third kappa shape index (κ3) is 1.94. The van der Waals surface area contributed by atoms with Crippen LogP contribution in [0.3, 0.4) is 0 Å². The summed E-state index contributed by atoms with van der Waals surface area (Å²) in [6, 6.07) is 0. The van der Waals surface area contributed by atoms with Gasteiger partial charge in [-0.2, -0.15) is 4.39 Å². The van der Waals surface area contributed by atoms with Crippen molar-refractivity contribution in [2.75, 3.05) is 0 Å². The van der Waals surface area contributed by atoms with Gasteiger partial charge in [0.15, 0.2) is 11.6 Å². The summed E-state index contributed by atoms with van der Waals surface area (Å²) in [5, 5.41) is 8.85. The van der Waals surface area contributed by atoms with Crippen LogP contribution in [0.4, 0.5) is 22.1 Å². The Kier molecular flexibility index (Phi) is 3.34. The molecule has 90 valence electrons. The van der Waals surface area contributed by atoms with Crippen LogP contribution in [0.15, 0.2) is 4.90 Å². The van der Waals surface area contributed by atoms with Crippen LogP contribution in [-0.2, 0) is 5.85 Å². The Morgan fingerprint density at radius 3 is 2.06 bits per heavy atom. The lowest BCUT2D eigenvalue weighted by molar-refractivity contribution is -0.0905. The molecule has 0 radical (unpaired) electrons. The molecule has 2 nitrogen and oxygen atoms in total. The molecule has 8 heteroatoms. The highest BCUT2D eigenvalue weighted by atomic mass is 32.1. The third-order valence-corrected chi connectivity index (χ3v) is 2.18. The summed E-state index contributed by atoms with van der Waals surface area (Å²) >= 11 is 3.22. The smallest absolute Gasteiger partial charge is 0.236 e. The number of hydrogen-bond acceptors (Lipinski definition) is 3. The Hall–Kier alpha value is -1.02. The minimum absolute atomic E-state index is 0.401. The molecule has 0 heterocycles. The Balaban J connectivity index is 3.72. The number of hydrogen-bond donors (Lipinski definition) is 2. The summed E-state index contributed by atoms with van der Waals surface area (Å²) in [7, 11) is 0. The standard InChI is InChI=1S/C8H5F5O2S/c1-8(12,14)2-3(9)7(16)5(11)4(10)6(2)15-13/h14,16H,1H3. The fourth-order valence-electron chi connectivity index (χ4n) is 1.11. The van der Waals surface area contributed by atoms with Crippen LogP contribution in [0.5, 0.6) is 5.75 Å². The second kappa shape index (κ2) is 4.10. The molecule has 0 amide bonds. The van der Waals surface area contributed by atoms with E-state index < -0.39 is 39.5 Å². The molecular weight excluding hydrogens is 255 g/mol. The van der Waals surface area contributed by atoms with Gasteiger partial charge in [-0.1, -0.05) is 0 Å². The van der Waals surface area contributed by atoms with E-state index in [4.69, 9.17) is 5.11 Å². The van der Waals surface area contributed by atoms with E-state index >= 15 is 0 Å². The van der Waals surface area contributed by atoms with Crippen molar-refractivity contribution < 1.29 is 32.1 Å². The molecule has 1 rings (SSSR count). The maximum absolute atomic E-state index is 13.3. The predicted octanol–water partition coefficient (Wildman–Crippen LogP) is 2.79. The molecule has 1 atom stereocenters. The van der Waals surface area contributed by atoms with E-state index in [2.05, 4.69) is 17.6 Å². The number of thiol groups is 1. The van der Waals surface area contributed by atoms with Gasteiger partial charge in [0.05, 0.1) is 4.90 Å². The zero-order chi connectivity index (χ0) is 12.7. The van der Waals surface area contributed by atoms with Crippen molar-refractivity contribution in [3.63, 3.8) is 0 Å². The zero-order valence-corrected chi connectivity index (χ0v) is 8.59. The molecule has 0 aliphatic carbocycles. The summed E-state index contributed by atoms with van der Waals surface area (Å²) < 4.78 is 64.1. The van der Waals surface area contributed by atoms with Crippen molar-refractivity contribution in [3.05, 3.63) is 23.0 Å². The van der Waals surface area contributed by atoms with E-state index in [0.29, 0.717) is 6.92 Å². The first-order chi connectivity index (χ1) is 7.21. The van der Waals surface area contributed by atoms with E-state index in [1.54, 1.807) is 0 Å². The molecule has 0 aromatic heterocycles. The van der Waals surface area contributed by atoms with Crippen molar-refractivity contribution in [2.24, 2.45) is 0 Å². The van der Waals surface area contributed by atoms with Crippen LogP contribution in [0.25, 0.3) is 0 Å². The van der Waals surface area contributed by atoms with Crippen LogP contribution in [0, 0.1) is 17.5 Å². The Labute approximate surface area is 92.0 Å². The maximum atomic E-state index is 13.3. The van der Waals surface area contributed by atoms with E-state index in [1.165, 1.54) is 0 Å². The quantitative estimate of drug-likeness (QED) is 0.486. The van der Waals surface area contributed by atoms with E-state index in [1.807, 2.05) is 0 Å². The fraction of sp³-hybridized carbons (Fsp3) is 0.250. The van der Waals surface area contributed by atoms with Gasteiger partial charge in [0.2, 0.25) is 17.4 Å². The first-order valence-corrected chi connectivity index (χ1v) is 4.26. The molecule has 0 spiro atoms. The Morgan fingerprint density at radius 2 is 1.69 bits per heavy atom. The molecular formula is C8H5F5O2S. The molecule has 1 unspecified atom stereocenters. The highest BCUT2D eigenvalue weighted by Crippen LogP contribution is 2.40. The van der Waals surface area contributed by atoms with Gasteiger partial charge < -0.3 is 5.11 Å². The highest BCUT2D eigenvalue weighted by Gasteiger charge is 2.37. The second-order valence-electron chi connectivity index (χ2n) is 3.03. The van der Waals surface area contributed by atoms with Crippen LogP contribution in [0.1, 0.15) is 12.5 Å². The Bertz CT molecular complexity index is 430. The molecule has 0 aliphatic heterocycles. The van der Waals surface area contributed by atoms with Gasteiger partial charge in [-0.3, -0.25) is 4.94 Å². The molecule has 16 heavy (non-hydrogen) atoms. The van der Waals surface area contributed by atoms with Gasteiger partial charge in [0.25, 0.3) is 0 Å². The minimum Gasteiger partial charge on any atom is -0.358 e. The van der Waals surface area contributed by atoms with Gasteiger partial charge in [-0.25, -0.2) is 13.2 Å². The summed E-state index contributed by atoms with van der Waals surface area (Å²) in [5.74, 6) is -10.7. The minimum atomic E-state index is -3.45. The van der Waals surface area contributed by atoms with E-state index in [9.17, 15) is 22.1 Å². The summed E-state index contributed by atoms with van der Waals surface area (Å²) in [6.45, 7) is 0.401.